The fraction of sp³-hybridized carbons (Fsp3) is 0.190. The van der Waals surface area contributed by atoms with Gasteiger partial charge in [0.05, 0.1) is 18.2 Å². The molecular weight excluding hydrogens is 465 g/mol. The van der Waals surface area contributed by atoms with Crippen LogP contribution in [-0.4, -0.2) is 26.6 Å². The van der Waals surface area contributed by atoms with E-state index in [1.54, 1.807) is 19.9 Å². The van der Waals surface area contributed by atoms with Gasteiger partial charge in [0.15, 0.2) is 4.90 Å². The van der Waals surface area contributed by atoms with Crippen molar-refractivity contribution in [2.45, 2.75) is 18.7 Å². The lowest BCUT2D eigenvalue weighted by atomic mass is 10.3. The van der Waals surface area contributed by atoms with Crippen molar-refractivity contribution in [1.82, 2.24) is 4.98 Å². The normalized spacial score (nSPS) is 11.1. The third-order valence-corrected chi connectivity index (χ3v) is 5.56. The molecule has 1 heterocycles. The highest BCUT2D eigenvalue weighted by Gasteiger charge is 2.23. The van der Waals surface area contributed by atoms with Gasteiger partial charge in [-0.3, -0.25) is 0 Å². The van der Waals surface area contributed by atoms with Gasteiger partial charge in [-0.05, 0) is 56.3 Å². The van der Waals surface area contributed by atoms with E-state index in [0.29, 0.717) is 29.7 Å². The van der Waals surface area contributed by atoms with Gasteiger partial charge in [0.25, 0.3) is 0 Å². The first-order chi connectivity index (χ1) is 14.8. The molecule has 0 spiro atoms. The average Bonchev–Trinajstić information content (AvgIpc) is 2.73. The Morgan fingerprint density at radius 1 is 0.871 bits per heavy atom. The summed E-state index contributed by atoms with van der Waals surface area (Å²) in [4.78, 5) is 3.88. The summed E-state index contributed by atoms with van der Waals surface area (Å²) in [6, 6.07) is 12.0. The molecule has 2 aromatic carbocycles. The van der Waals surface area contributed by atoms with Crippen molar-refractivity contribution in [2.24, 2.45) is 0 Å². The molecule has 0 saturated heterocycles. The predicted octanol–water partition coefficient (Wildman–Crippen LogP) is 5.75. The number of pyridine rings is 1. The molecule has 0 unspecified atom stereocenters. The van der Waals surface area contributed by atoms with E-state index >= 15 is 0 Å². The fourth-order valence-corrected chi connectivity index (χ4v) is 4.05. The molecule has 0 N–H and O–H groups in total. The maximum Gasteiger partial charge on any atom is 0.343 e. The molecule has 0 aliphatic rings. The average molecular weight is 484 g/mol. The summed E-state index contributed by atoms with van der Waals surface area (Å²) in [6.07, 6.45) is 1.40. The number of aromatic nitrogens is 1. The van der Waals surface area contributed by atoms with Crippen LogP contribution in [0.4, 0.5) is 0 Å². The van der Waals surface area contributed by atoms with E-state index in [0.717, 1.165) is 0 Å². The largest absolute Gasteiger partial charge is 0.494 e. The zero-order chi connectivity index (χ0) is 22.4. The lowest BCUT2D eigenvalue weighted by Crippen LogP contribution is -2.12. The Morgan fingerprint density at radius 2 is 1.52 bits per heavy atom. The number of nitrogens with zero attached hydrogens (tertiary/aromatic N) is 1. The Balaban J connectivity index is 1.81. The number of hydrogen-bond acceptors (Lipinski definition) is 7. The van der Waals surface area contributed by atoms with Crippen molar-refractivity contribution in [3.63, 3.8) is 0 Å². The standard InChI is InChI=1S/C21H19Cl2NO6S/c1-3-27-17-9-10-19(28-4-2)20(12-17)31(25,26)30-16-7-5-15(6-8-16)29-21-18(23)11-14(22)13-24-21/h5-13H,3-4H2,1-2H3. The molecule has 0 aliphatic heterocycles. The second-order valence-electron chi connectivity index (χ2n) is 6.03. The summed E-state index contributed by atoms with van der Waals surface area (Å²) < 4.78 is 47.4. The predicted molar refractivity (Wildman–Crippen MR) is 117 cm³/mol. The summed E-state index contributed by atoms with van der Waals surface area (Å²) in [5.41, 5.74) is 0. The van der Waals surface area contributed by atoms with Gasteiger partial charge in [0.1, 0.15) is 28.0 Å². The van der Waals surface area contributed by atoms with Gasteiger partial charge in [0.2, 0.25) is 5.88 Å². The first kappa shape index (κ1) is 23.0. The molecule has 0 atom stereocenters. The van der Waals surface area contributed by atoms with Crippen molar-refractivity contribution in [3.8, 4) is 28.9 Å². The highest BCUT2D eigenvalue weighted by Crippen LogP contribution is 2.33. The summed E-state index contributed by atoms with van der Waals surface area (Å²) in [6.45, 7) is 4.25. The van der Waals surface area contributed by atoms with E-state index in [9.17, 15) is 8.42 Å². The molecule has 3 rings (SSSR count). The van der Waals surface area contributed by atoms with Gasteiger partial charge >= 0.3 is 10.1 Å². The van der Waals surface area contributed by atoms with Gasteiger partial charge in [-0.15, -0.1) is 0 Å². The molecule has 0 amide bonds. The second kappa shape index (κ2) is 10.1. The van der Waals surface area contributed by atoms with Crippen LogP contribution < -0.4 is 18.4 Å². The first-order valence-corrected chi connectivity index (χ1v) is 11.4. The topological polar surface area (TPSA) is 84.0 Å². The molecule has 3 aromatic rings. The smallest absolute Gasteiger partial charge is 0.343 e. The third kappa shape index (κ3) is 5.94. The van der Waals surface area contributed by atoms with Crippen LogP contribution in [0.3, 0.4) is 0 Å². The van der Waals surface area contributed by atoms with Crippen LogP contribution in [0.1, 0.15) is 13.8 Å². The zero-order valence-corrected chi connectivity index (χ0v) is 19.0. The van der Waals surface area contributed by atoms with E-state index in [1.807, 2.05) is 0 Å². The van der Waals surface area contributed by atoms with Crippen molar-refractivity contribution < 1.29 is 26.8 Å². The minimum absolute atomic E-state index is 0.0896. The van der Waals surface area contributed by atoms with Gasteiger partial charge in [-0.2, -0.15) is 8.42 Å². The molecule has 31 heavy (non-hydrogen) atoms. The number of ether oxygens (including phenoxy) is 3. The zero-order valence-electron chi connectivity index (χ0n) is 16.7. The van der Waals surface area contributed by atoms with Crippen LogP contribution in [0.5, 0.6) is 28.9 Å². The summed E-state index contributed by atoms with van der Waals surface area (Å²) >= 11 is 11.9. The Hall–Kier alpha value is -2.68. The monoisotopic (exact) mass is 483 g/mol. The van der Waals surface area contributed by atoms with Gasteiger partial charge < -0.3 is 18.4 Å². The number of hydrogen-bond donors (Lipinski definition) is 0. The van der Waals surface area contributed by atoms with Gasteiger partial charge in [-0.25, -0.2) is 4.98 Å². The van der Waals surface area contributed by atoms with Crippen molar-refractivity contribution in [2.75, 3.05) is 13.2 Å². The van der Waals surface area contributed by atoms with Crippen LogP contribution in [0.25, 0.3) is 0 Å². The van der Waals surface area contributed by atoms with Crippen LogP contribution in [0.15, 0.2) is 59.6 Å². The molecule has 0 fully saturated rings. The molecular formula is C21H19Cl2NO6S. The van der Waals surface area contributed by atoms with E-state index in [4.69, 9.17) is 41.6 Å². The minimum Gasteiger partial charge on any atom is -0.494 e. The lowest BCUT2D eigenvalue weighted by molar-refractivity contribution is 0.321. The van der Waals surface area contributed by atoms with Crippen LogP contribution in [0, 0.1) is 0 Å². The van der Waals surface area contributed by atoms with Gasteiger partial charge in [0, 0.05) is 12.3 Å². The number of benzene rings is 2. The Labute approximate surface area is 190 Å². The maximum absolute atomic E-state index is 12.9. The van der Waals surface area contributed by atoms with Crippen LogP contribution in [0.2, 0.25) is 10.0 Å². The summed E-state index contributed by atoms with van der Waals surface area (Å²) in [5, 5.41) is 0.624. The highest BCUT2D eigenvalue weighted by atomic mass is 35.5. The SMILES string of the molecule is CCOc1ccc(OCC)c(S(=O)(=O)Oc2ccc(Oc3ncc(Cl)cc3Cl)cc2)c1. The van der Waals surface area contributed by atoms with E-state index in [1.165, 1.54) is 48.7 Å². The van der Waals surface area contributed by atoms with E-state index in [-0.39, 0.29) is 27.3 Å². The molecule has 0 saturated carbocycles. The number of rotatable bonds is 9. The molecule has 0 bridgehead atoms. The Morgan fingerprint density at radius 3 is 2.16 bits per heavy atom. The number of halogens is 2. The third-order valence-electron chi connectivity index (χ3n) is 3.81. The molecule has 7 nitrogen and oxygen atoms in total. The van der Waals surface area contributed by atoms with Crippen molar-refractivity contribution in [3.05, 3.63) is 64.8 Å². The first-order valence-electron chi connectivity index (χ1n) is 9.25. The van der Waals surface area contributed by atoms with E-state index < -0.39 is 10.1 Å². The minimum atomic E-state index is -4.18. The van der Waals surface area contributed by atoms with Crippen LogP contribution >= 0.6 is 23.2 Å². The molecule has 10 heteroatoms. The van der Waals surface area contributed by atoms with E-state index in [2.05, 4.69) is 4.98 Å². The Bertz CT molecular complexity index is 1150. The Kier molecular flexibility index (Phi) is 7.48. The van der Waals surface area contributed by atoms with Gasteiger partial charge in [-0.1, -0.05) is 23.2 Å². The molecule has 1 aromatic heterocycles. The van der Waals surface area contributed by atoms with Crippen molar-refractivity contribution >= 4 is 33.3 Å². The highest BCUT2D eigenvalue weighted by molar-refractivity contribution is 7.87. The summed E-state index contributed by atoms with van der Waals surface area (Å²) in [5.74, 6) is 1.21. The molecule has 0 aliphatic carbocycles. The van der Waals surface area contributed by atoms with Crippen molar-refractivity contribution in [1.29, 1.82) is 0 Å². The quantitative estimate of drug-likeness (QED) is 0.358. The fourth-order valence-electron chi connectivity index (χ4n) is 2.54. The van der Waals surface area contributed by atoms with Crippen LogP contribution in [-0.2, 0) is 10.1 Å². The molecule has 0 radical (unpaired) electrons. The second-order valence-corrected chi connectivity index (χ2v) is 8.38. The summed E-state index contributed by atoms with van der Waals surface area (Å²) in [7, 11) is -4.18. The lowest BCUT2D eigenvalue weighted by Gasteiger charge is -2.14. The molecule has 164 valence electrons. The maximum atomic E-state index is 12.9.